The van der Waals surface area contributed by atoms with Gasteiger partial charge >= 0.3 is 0 Å². The minimum Gasteiger partial charge on any atom is -0.330 e. The number of fused-ring (bicyclic) bond motifs is 1. The summed E-state index contributed by atoms with van der Waals surface area (Å²) in [6.45, 7) is 4.60. The van der Waals surface area contributed by atoms with E-state index in [9.17, 15) is 0 Å². The fourth-order valence-corrected chi connectivity index (χ4v) is 1.72. The van der Waals surface area contributed by atoms with Crippen LogP contribution in [0.2, 0.25) is 0 Å². The molecular formula is C10H14N4. The molecule has 0 atom stereocenters. The van der Waals surface area contributed by atoms with Crippen molar-refractivity contribution in [2.45, 2.75) is 20.3 Å². The SMILES string of the molecule is Cc1cn2cnc(C)c2c(CCN)n1. The van der Waals surface area contributed by atoms with Crippen molar-refractivity contribution in [1.29, 1.82) is 0 Å². The molecule has 2 heterocycles. The van der Waals surface area contributed by atoms with Crippen molar-refractivity contribution in [3.8, 4) is 0 Å². The molecule has 2 aromatic rings. The van der Waals surface area contributed by atoms with Crippen LogP contribution in [0.15, 0.2) is 12.5 Å². The van der Waals surface area contributed by atoms with E-state index in [0.717, 1.165) is 29.0 Å². The quantitative estimate of drug-likeness (QED) is 0.763. The number of nitrogens with two attached hydrogens (primary N) is 1. The molecule has 2 aromatic heterocycles. The van der Waals surface area contributed by atoms with Crippen molar-refractivity contribution in [2.75, 3.05) is 6.54 Å². The lowest BCUT2D eigenvalue weighted by atomic mass is 10.2. The van der Waals surface area contributed by atoms with Crippen LogP contribution in [0.5, 0.6) is 0 Å². The molecule has 4 heteroatoms. The summed E-state index contributed by atoms with van der Waals surface area (Å²) in [5.74, 6) is 0. The minimum absolute atomic E-state index is 0.622. The van der Waals surface area contributed by atoms with Gasteiger partial charge in [0.05, 0.1) is 28.9 Å². The van der Waals surface area contributed by atoms with Gasteiger partial charge in [-0.15, -0.1) is 0 Å². The number of hydrogen-bond acceptors (Lipinski definition) is 3. The van der Waals surface area contributed by atoms with Crippen LogP contribution in [0.1, 0.15) is 17.1 Å². The van der Waals surface area contributed by atoms with E-state index in [1.165, 1.54) is 0 Å². The van der Waals surface area contributed by atoms with Crippen molar-refractivity contribution >= 4 is 5.52 Å². The standard InChI is InChI=1S/C10H14N4/c1-7-5-14-6-12-8(2)10(14)9(13-7)3-4-11/h5-6H,3-4,11H2,1-2H3. The third-order valence-corrected chi connectivity index (χ3v) is 2.27. The third-order valence-electron chi connectivity index (χ3n) is 2.27. The zero-order chi connectivity index (χ0) is 10.1. The Bertz CT molecular complexity index is 458. The zero-order valence-electron chi connectivity index (χ0n) is 8.49. The van der Waals surface area contributed by atoms with E-state index in [2.05, 4.69) is 9.97 Å². The van der Waals surface area contributed by atoms with Gasteiger partial charge in [-0.1, -0.05) is 0 Å². The Kier molecular flexibility index (Phi) is 2.21. The second-order valence-electron chi connectivity index (χ2n) is 3.45. The van der Waals surface area contributed by atoms with Crippen LogP contribution < -0.4 is 5.73 Å². The molecule has 74 valence electrons. The van der Waals surface area contributed by atoms with Gasteiger partial charge in [-0.2, -0.15) is 0 Å². The second-order valence-corrected chi connectivity index (χ2v) is 3.45. The largest absolute Gasteiger partial charge is 0.330 e. The van der Waals surface area contributed by atoms with Crippen LogP contribution >= 0.6 is 0 Å². The molecule has 0 amide bonds. The molecule has 0 saturated carbocycles. The van der Waals surface area contributed by atoms with Crippen LogP contribution in [0.25, 0.3) is 5.52 Å². The molecule has 0 spiro atoms. The number of aryl methyl sites for hydroxylation is 2. The van der Waals surface area contributed by atoms with Crippen molar-refractivity contribution in [3.63, 3.8) is 0 Å². The molecule has 0 aromatic carbocycles. The Morgan fingerprint density at radius 3 is 2.93 bits per heavy atom. The van der Waals surface area contributed by atoms with E-state index in [4.69, 9.17) is 5.73 Å². The maximum absolute atomic E-state index is 5.55. The number of imidazole rings is 1. The molecule has 2 rings (SSSR count). The van der Waals surface area contributed by atoms with Crippen LogP contribution in [0.4, 0.5) is 0 Å². The number of rotatable bonds is 2. The molecule has 0 aliphatic carbocycles. The highest BCUT2D eigenvalue weighted by atomic mass is 15.0. The molecular weight excluding hydrogens is 176 g/mol. The Hall–Kier alpha value is -1.42. The van der Waals surface area contributed by atoms with Crippen molar-refractivity contribution in [3.05, 3.63) is 29.6 Å². The molecule has 0 aliphatic heterocycles. The van der Waals surface area contributed by atoms with Crippen LogP contribution in [-0.4, -0.2) is 20.9 Å². The molecule has 4 nitrogen and oxygen atoms in total. The predicted octanol–water partition coefficient (Wildman–Crippen LogP) is 0.847. The molecule has 14 heavy (non-hydrogen) atoms. The summed E-state index contributed by atoms with van der Waals surface area (Å²) in [5, 5.41) is 0. The van der Waals surface area contributed by atoms with Crippen LogP contribution in [-0.2, 0) is 6.42 Å². The Labute approximate surface area is 82.8 Å². The normalized spacial score (nSPS) is 11.1. The van der Waals surface area contributed by atoms with E-state index in [1.54, 1.807) is 0 Å². The van der Waals surface area contributed by atoms with Gasteiger partial charge in [-0.25, -0.2) is 4.98 Å². The maximum atomic E-state index is 5.55. The molecule has 0 bridgehead atoms. The molecule has 0 fully saturated rings. The van der Waals surface area contributed by atoms with Crippen molar-refractivity contribution in [2.24, 2.45) is 5.73 Å². The fourth-order valence-electron chi connectivity index (χ4n) is 1.72. The van der Waals surface area contributed by atoms with E-state index in [-0.39, 0.29) is 0 Å². The summed E-state index contributed by atoms with van der Waals surface area (Å²) in [7, 11) is 0. The summed E-state index contributed by atoms with van der Waals surface area (Å²) in [5.41, 5.74) is 9.71. The molecule has 2 N–H and O–H groups in total. The lowest BCUT2D eigenvalue weighted by Crippen LogP contribution is -2.07. The summed E-state index contributed by atoms with van der Waals surface area (Å²) in [4.78, 5) is 8.75. The number of nitrogens with zero attached hydrogens (tertiary/aromatic N) is 3. The molecule has 0 unspecified atom stereocenters. The monoisotopic (exact) mass is 190 g/mol. The van der Waals surface area contributed by atoms with E-state index in [1.807, 2.05) is 30.8 Å². The first kappa shape index (κ1) is 9.15. The van der Waals surface area contributed by atoms with Gasteiger partial charge < -0.3 is 10.1 Å². The van der Waals surface area contributed by atoms with Gasteiger partial charge in [0.2, 0.25) is 0 Å². The predicted molar refractivity (Wildman–Crippen MR) is 55.2 cm³/mol. The van der Waals surface area contributed by atoms with E-state index >= 15 is 0 Å². The first-order chi connectivity index (χ1) is 6.72. The van der Waals surface area contributed by atoms with Crippen molar-refractivity contribution in [1.82, 2.24) is 14.4 Å². The third kappa shape index (κ3) is 1.37. The first-order valence-electron chi connectivity index (χ1n) is 4.72. The summed E-state index contributed by atoms with van der Waals surface area (Å²) >= 11 is 0. The van der Waals surface area contributed by atoms with Gasteiger partial charge in [0.15, 0.2) is 0 Å². The number of hydrogen-bond donors (Lipinski definition) is 1. The van der Waals surface area contributed by atoms with Gasteiger partial charge in [0.1, 0.15) is 0 Å². The van der Waals surface area contributed by atoms with Gasteiger partial charge in [-0.05, 0) is 20.4 Å². The summed E-state index contributed by atoms with van der Waals surface area (Å²) < 4.78 is 2.02. The molecule has 0 saturated heterocycles. The van der Waals surface area contributed by atoms with Crippen LogP contribution in [0, 0.1) is 13.8 Å². The highest BCUT2D eigenvalue weighted by Crippen LogP contribution is 2.13. The average molecular weight is 190 g/mol. The second kappa shape index (κ2) is 3.38. The zero-order valence-corrected chi connectivity index (χ0v) is 8.49. The van der Waals surface area contributed by atoms with Crippen LogP contribution in [0.3, 0.4) is 0 Å². The van der Waals surface area contributed by atoms with Gasteiger partial charge in [-0.3, -0.25) is 4.98 Å². The summed E-state index contributed by atoms with van der Waals surface area (Å²) in [6.07, 6.45) is 4.60. The summed E-state index contributed by atoms with van der Waals surface area (Å²) in [6, 6.07) is 0. The Morgan fingerprint density at radius 1 is 1.43 bits per heavy atom. The number of aromatic nitrogens is 3. The highest BCUT2D eigenvalue weighted by molar-refractivity contribution is 5.56. The molecule has 0 aliphatic rings. The van der Waals surface area contributed by atoms with Gasteiger partial charge in [0.25, 0.3) is 0 Å². The first-order valence-corrected chi connectivity index (χ1v) is 4.72. The van der Waals surface area contributed by atoms with E-state index in [0.29, 0.717) is 6.54 Å². The Balaban J connectivity index is 2.70. The average Bonchev–Trinajstić information content (AvgIpc) is 2.48. The topological polar surface area (TPSA) is 56.2 Å². The van der Waals surface area contributed by atoms with E-state index < -0.39 is 0 Å². The molecule has 0 radical (unpaired) electrons. The lowest BCUT2D eigenvalue weighted by Gasteiger charge is -2.04. The smallest absolute Gasteiger partial charge is 0.0996 e. The minimum atomic E-state index is 0.622. The highest BCUT2D eigenvalue weighted by Gasteiger charge is 2.07. The fraction of sp³-hybridized carbons (Fsp3) is 0.400. The maximum Gasteiger partial charge on any atom is 0.0996 e. The lowest BCUT2D eigenvalue weighted by molar-refractivity contribution is 0.900. The van der Waals surface area contributed by atoms with Gasteiger partial charge in [0, 0.05) is 12.6 Å². The van der Waals surface area contributed by atoms with Crippen molar-refractivity contribution < 1.29 is 0 Å². The Morgan fingerprint density at radius 2 is 2.21 bits per heavy atom.